The Hall–Kier alpha value is -1.81. The van der Waals surface area contributed by atoms with Crippen LogP contribution in [0.4, 0.5) is 5.69 Å². The van der Waals surface area contributed by atoms with Crippen LogP contribution in [0.15, 0.2) is 24.4 Å². The number of aryl methyl sites for hydroxylation is 1. The number of nitrogens with one attached hydrogen (secondary N) is 2. The van der Waals surface area contributed by atoms with Crippen molar-refractivity contribution in [1.29, 1.82) is 0 Å². The summed E-state index contributed by atoms with van der Waals surface area (Å²) in [6, 6.07) is 6.55. The quantitative estimate of drug-likeness (QED) is 0.882. The highest BCUT2D eigenvalue weighted by atomic mass is 16.1. The number of H-pyrrole nitrogens is 1. The smallest absolute Gasteiger partial charge is 0.221 e. The van der Waals surface area contributed by atoms with Gasteiger partial charge in [0.15, 0.2) is 0 Å². The number of aromatic amines is 1. The van der Waals surface area contributed by atoms with Crippen molar-refractivity contribution in [3.8, 4) is 0 Å². The molecule has 0 spiro atoms. The molecule has 1 saturated heterocycles. The van der Waals surface area contributed by atoms with Gasteiger partial charge in [-0.25, -0.2) is 0 Å². The zero-order chi connectivity index (χ0) is 16.2. The fourth-order valence-electron chi connectivity index (χ4n) is 3.58. The first-order valence-corrected chi connectivity index (χ1v) is 8.75. The molecule has 4 nitrogen and oxygen atoms in total. The molecule has 0 bridgehead atoms. The molecule has 1 aliphatic heterocycles. The van der Waals surface area contributed by atoms with E-state index in [0.29, 0.717) is 0 Å². The van der Waals surface area contributed by atoms with E-state index in [2.05, 4.69) is 40.3 Å². The maximum Gasteiger partial charge on any atom is 0.221 e. The summed E-state index contributed by atoms with van der Waals surface area (Å²) in [6.07, 6.45) is 6.92. The van der Waals surface area contributed by atoms with E-state index in [4.69, 9.17) is 0 Å². The second kappa shape index (κ2) is 7.18. The van der Waals surface area contributed by atoms with Crippen LogP contribution in [0.1, 0.15) is 38.7 Å². The minimum Gasteiger partial charge on any atom is -0.359 e. The van der Waals surface area contributed by atoms with Crippen LogP contribution >= 0.6 is 0 Å². The third-order valence-electron chi connectivity index (χ3n) is 5.05. The number of benzene rings is 1. The van der Waals surface area contributed by atoms with E-state index in [-0.39, 0.29) is 5.91 Å². The predicted molar refractivity (Wildman–Crippen MR) is 95.8 cm³/mol. The molecule has 23 heavy (non-hydrogen) atoms. The average Bonchev–Trinajstić information content (AvgIpc) is 2.95. The number of piperidine rings is 1. The maximum absolute atomic E-state index is 11.3. The topological polar surface area (TPSA) is 48.1 Å². The van der Waals surface area contributed by atoms with E-state index >= 15 is 0 Å². The number of rotatable bonds is 5. The monoisotopic (exact) mass is 313 g/mol. The third-order valence-corrected chi connectivity index (χ3v) is 5.05. The Bertz CT molecular complexity index is 668. The first kappa shape index (κ1) is 16.1. The molecule has 0 unspecified atom stereocenters. The molecule has 124 valence electrons. The number of aromatic nitrogens is 1. The summed E-state index contributed by atoms with van der Waals surface area (Å²) in [7, 11) is 0. The molecule has 2 heterocycles. The van der Waals surface area contributed by atoms with E-state index in [9.17, 15) is 4.79 Å². The molecule has 1 amide bonds. The lowest BCUT2D eigenvalue weighted by Crippen LogP contribution is -2.33. The number of amides is 1. The van der Waals surface area contributed by atoms with Crippen molar-refractivity contribution in [3.05, 3.63) is 30.0 Å². The molecule has 2 N–H and O–H groups in total. The molecule has 1 aromatic heterocycles. The van der Waals surface area contributed by atoms with Crippen LogP contribution in [0.5, 0.6) is 0 Å². The lowest BCUT2D eigenvalue weighted by atomic mass is 9.90. The molecule has 0 radical (unpaired) electrons. The summed E-state index contributed by atoms with van der Waals surface area (Å²) in [5, 5.41) is 4.01. The van der Waals surface area contributed by atoms with Gasteiger partial charge in [0, 0.05) is 24.0 Å². The molecule has 0 saturated carbocycles. The van der Waals surface area contributed by atoms with Gasteiger partial charge in [0.1, 0.15) is 0 Å². The molecule has 1 fully saturated rings. The van der Waals surface area contributed by atoms with Crippen molar-refractivity contribution < 1.29 is 4.79 Å². The van der Waals surface area contributed by atoms with Gasteiger partial charge in [-0.15, -0.1) is 0 Å². The Kier molecular flexibility index (Phi) is 5.01. The van der Waals surface area contributed by atoms with E-state index in [1.807, 2.05) is 6.20 Å². The Morgan fingerprint density at radius 1 is 1.35 bits per heavy atom. The first-order chi connectivity index (χ1) is 11.2. The van der Waals surface area contributed by atoms with Crippen LogP contribution in [-0.2, 0) is 11.2 Å². The summed E-state index contributed by atoms with van der Waals surface area (Å²) in [5.74, 6) is 0.827. The number of likely N-dealkylation sites (tertiary alicyclic amines) is 1. The second-order valence-electron chi connectivity index (χ2n) is 6.68. The summed E-state index contributed by atoms with van der Waals surface area (Å²) in [4.78, 5) is 17.1. The van der Waals surface area contributed by atoms with E-state index in [0.717, 1.165) is 28.9 Å². The SMILES string of the molecule is CCN1CCC(CCc2ccc3[nH]cc(NC(C)=O)c3c2)CC1. The van der Waals surface area contributed by atoms with E-state index in [1.54, 1.807) is 6.92 Å². The molecule has 1 aromatic carbocycles. The summed E-state index contributed by atoms with van der Waals surface area (Å²) in [6.45, 7) is 7.49. The Morgan fingerprint density at radius 2 is 2.13 bits per heavy atom. The Labute approximate surface area is 138 Å². The average molecular weight is 313 g/mol. The van der Waals surface area contributed by atoms with Crippen LogP contribution in [0.2, 0.25) is 0 Å². The van der Waals surface area contributed by atoms with Crippen LogP contribution in [0, 0.1) is 5.92 Å². The van der Waals surface area contributed by atoms with Gasteiger partial charge in [0.05, 0.1) is 5.69 Å². The largest absolute Gasteiger partial charge is 0.359 e. The number of fused-ring (bicyclic) bond motifs is 1. The zero-order valence-corrected chi connectivity index (χ0v) is 14.2. The number of nitrogens with zero attached hydrogens (tertiary/aromatic N) is 1. The van der Waals surface area contributed by atoms with Crippen molar-refractivity contribution in [2.75, 3.05) is 25.0 Å². The minimum atomic E-state index is -0.0287. The summed E-state index contributed by atoms with van der Waals surface area (Å²) < 4.78 is 0. The third kappa shape index (κ3) is 3.94. The molecule has 0 aliphatic carbocycles. The molecular weight excluding hydrogens is 286 g/mol. The summed E-state index contributed by atoms with van der Waals surface area (Å²) in [5.41, 5.74) is 3.32. The normalized spacial score (nSPS) is 16.8. The standard InChI is InChI=1S/C19H27N3O/c1-3-22-10-8-15(9-11-22)4-5-16-6-7-18-17(12-16)19(13-20-18)21-14(2)23/h6-7,12-13,15,20H,3-5,8-11H2,1-2H3,(H,21,23). The fraction of sp³-hybridized carbons (Fsp3) is 0.526. The molecule has 0 atom stereocenters. The molecule has 3 rings (SSSR count). The van der Waals surface area contributed by atoms with E-state index < -0.39 is 0 Å². The van der Waals surface area contributed by atoms with Crippen molar-refractivity contribution in [1.82, 2.24) is 9.88 Å². The van der Waals surface area contributed by atoms with Gasteiger partial charge in [0.25, 0.3) is 0 Å². The number of anilines is 1. The number of carbonyl (C=O) groups is 1. The van der Waals surface area contributed by atoms with Crippen LogP contribution in [0.3, 0.4) is 0 Å². The minimum absolute atomic E-state index is 0.0287. The lowest BCUT2D eigenvalue weighted by molar-refractivity contribution is -0.114. The van der Waals surface area contributed by atoms with Gasteiger partial charge in [-0.2, -0.15) is 0 Å². The van der Waals surface area contributed by atoms with E-state index in [1.165, 1.54) is 44.5 Å². The number of carbonyl (C=O) groups excluding carboxylic acids is 1. The molecule has 2 aromatic rings. The highest BCUT2D eigenvalue weighted by molar-refractivity contribution is 6.01. The van der Waals surface area contributed by atoms with Gasteiger partial charge in [-0.1, -0.05) is 13.0 Å². The fourth-order valence-corrected chi connectivity index (χ4v) is 3.58. The number of hydrogen-bond acceptors (Lipinski definition) is 2. The van der Waals surface area contributed by atoms with Crippen molar-refractivity contribution in [2.24, 2.45) is 5.92 Å². The van der Waals surface area contributed by atoms with Gasteiger partial charge in [-0.05, 0) is 68.9 Å². The highest BCUT2D eigenvalue weighted by Crippen LogP contribution is 2.27. The van der Waals surface area contributed by atoms with Crippen molar-refractivity contribution in [3.63, 3.8) is 0 Å². The second-order valence-corrected chi connectivity index (χ2v) is 6.68. The van der Waals surface area contributed by atoms with Crippen LogP contribution < -0.4 is 5.32 Å². The Balaban J connectivity index is 1.63. The first-order valence-electron chi connectivity index (χ1n) is 8.75. The Morgan fingerprint density at radius 3 is 2.83 bits per heavy atom. The van der Waals surface area contributed by atoms with Crippen molar-refractivity contribution >= 4 is 22.5 Å². The summed E-state index contributed by atoms with van der Waals surface area (Å²) >= 11 is 0. The van der Waals surface area contributed by atoms with Gasteiger partial charge < -0.3 is 15.2 Å². The predicted octanol–water partition coefficient (Wildman–Crippen LogP) is 3.79. The number of hydrogen-bond donors (Lipinski definition) is 2. The molecular formula is C19H27N3O. The van der Waals surface area contributed by atoms with Crippen molar-refractivity contribution in [2.45, 2.75) is 39.5 Å². The van der Waals surface area contributed by atoms with Gasteiger partial charge >= 0.3 is 0 Å². The molecule has 4 heteroatoms. The zero-order valence-electron chi connectivity index (χ0n) is 14.2. The lowest BCUT2D eigenvalue weighted by Gasteiger charge is -2.31. The van der Waals surface area contributed by atoms with Crippen LogP contribution in [0.25, 0.3) is 10.9 Å². The maximum atomic E-state index is 11.3. The van der Waals surface area contributed by atoms with Gasteiger partial charge in [-0.3, -0.25) is 4.79 Å². The highest BCUT2D eigenvalue weighted by Gasteiger charge is 2.17. The van der Waals surface area contributed by atoms with Crippen LogP contribution in [-0.4, -0.2) is 35.4 Å². The van der Waals surface area contributed by atoms with Gasteiger partial charge in [0.2, 0.25) is 5.91 Å². The molecule has 1 aliphatic rings.